The predicted molar refractivity (Wildman–Crippen MR) is 93.9 cm³/mol. The fraction of sp³-hybridized carbons (Fsp3) is 0.316. The van der Waals surface area contributed by atoms with Crippen LogP contribution in [0.3, 0.4) is 0 Å². The van der Waals surface area contributed by atoms with Gasteiger partial charge in [-0.2, -0.15) is 8.78 Å². The van der Waals surface area contributed by atoms with Crippen LogP contribution in [-0.4, -0.2) is 42.5 Å². The Labute approximate surface area is 159 Å². The van der Waals surface area contributed by atoms with E-state index in [0.29, 0.717) is 11.3 Å². The van der Waals surface area contributed by atoms with E-state index < -0.39 is 30.4 Å². The molecule has 0 unspecified atom stereocenters. The second-order valence-electron chi connectivity index (χ2n) is 5.93. The van der Waals surface area contributed by atoms with Crippen LogP contribution in [0.15, 0.2) is 24.3 Å². The molecule has 0 radical (unpaired) electrons. The summed E-state index contributed by atoms with van der Waals surface area (Å²) in [6.45, 7) is 1.52. The number of carbonyl (C=O) groups excluding carboxylic acids is 3. The minimum atomic E-state index is -3.03. The number of aromatic amines is 1. The molecule has 28 heavy (non-hydrogen) atoms. The Kier molecular flexibility index (Phi) is 6.50. The summed E-state index contributed by atoms with van der Waals surface area (Å²) in [5.41, 5.74) is 1.13. The number of methoxy groups -OCH3 is 1. The van der Waals surface area contributed by atoms with Gasteiger partial charge < -0.3 is 19.2 Å². The molecule has 0 aliphatic heterocycles. The highest BCUT2D eigenvalue weighted by molar-refractivity contribution is 6.04. The summed E-state index contributed by atoms with van der Waals surface area (Å²) in [4.78, 5) is 39.5. The van der Waals surface area contributed by atoms with Gasteiger partial charge in [0, 0.05) is 5.69 Å². The van der Waals surface area contributed by atoms with Gasteiger partial charge in [-0.25, -0.2) is 9.59 Å². The van der Waals surface area contributed by atoms with Gasteiger partial charge in [0.15, 0.2) is 6.10 Å². The van der Waals surface area contributed by atoms with E-state index in [1.165, 1.54) is 32.2 Å². The normalized spacial score (nSPS) is 11.8. The van der Waals surface area contributed by atoms with E-state index in [-0.39, 0.29) is 22.6 Å². The molecule has 0 bridgehead atoms. The van der Waals surface area contributed by atoms with Crippen molar-refractivity contribution >= 4 is 17.7 Å². The maximum absolute atomic E-state index is 12.6. The lowest BCUT2D eigenvalue weighted by molar-refractivity contribution is -0.0499. The number of benzene rings is 1. The highest BCUT2D eigenvalue weighted by atomic mass is 19.3. The molecular formula is C19H19F2NO6. The molecule has 1 heterocycles. The molecule has 150 valence electrons. The highest BCUT2D eigenvalue weighted by Gasteiger charge is 2.27. The van der Waals surface area contributed by atoms with Crippen molar-refractivity contribution in [2.45, 2.75) is 33.5 Å². The quantitative estimate of drug-likeness (QED) is 0.570. The number of aryl methyl sites for hydroxylation is 1. The van der Waals surface area contributed by atoms with Crippen LogP contribution >= 0.6 is 0 Å². The third-order valence-electron chi connectivity index (χ3n) is 4.02. The zero-order chi connectivity index (χ0) is 21.0. The predicted octanol–water partition coefficient (Wildman–Crippen LogP) is 3.45. The van der Waals surface area contributed by atoms with Gasteiger partial charge in [-0.1, -0.05) is 6.07 Å². The summed E-state index contributed by atoms with van der Waals surface area (Å²) < 4.78 is 38.6. The van der Waals surface area contributed by atoms with Crippen LogP contribution < -0.4 is 4.74 Å². The minimum absolute atomic E-state index is 0.0487. The molecule has 1 aromatic heterocycles. The van der Waals surface area contributed by atoms with E-state index >= 15 is 0 Å². The molecule has 2 rings (SSSR count). The summed E-state index contributed by atoms with van der Waals surface area (Å²) in [5.74, 6) is -2.23. The number of alkyl halides is 2. The topological polar surface area (TPSA) is 94.7 Å². The summed E-state index contributed by atoms with van der Waals surface area (Å²) in [7, 11) is 1.23. The molecule has 0 saturated heterocycles. The van der Waals surface area contributed by atoms with Crippen molar-refractivity contribution in [2.24, 2.45) is 0 Å². The Balaban J connectivity index is 2.17. The van der Waals surface area contributed by atoms with Gasteiger partial charge in [-0.15, -0.1) is 0 Å². The Morgan fingerprint density at radius 1 is 1.11 bits per heavy atom. The molecule has 0 saturated carbocycles. The number of carbonyl (C=O) groups is 3. The zero-order valence-electron chi connectivity index (χ0n) is 15.7. The number of rotatable bonds is 7. The molecule has 1 aromatic carbocycles. The SMILES string of the molecule is COC(=O)c1c(C)[nH]c(C(=O)[C@@H](C)OC(=O)c2cccc(OC(F)F)c2)c1C. The summed E-state index contributed by atoms with van der Waals surface area (Å²) in [6.07, 6.45) is -1.19. The molecule has 1 N–H and O–H groups in total. The number of nitrogens with one attached hydrogen (secondary N) is 1. The molecule has 9 heteroatoms. The minimum Gasteiger partial charge on any atom is -0.465 e. The van der Waals surface area contributed by atoms with Crippen LogP contribution in [0.2, 0.25) is 0 Å². The molecule has 0 aliphatic rings. The van der Waals surface area contributed by atoms with Crippen molar-refractivity contribution in [3.05, 3.63) is 52.3 Å². The monoisotopic (exact) mass is 395 g/mol. The molecule has 2 aromatic rings. The zero-order valence-corrected chi connectivity index (χ0v) is 15.7. The van der Waals surface area contributed by atoms with Crippen LogP contribution in [-0.2, 0) is 9.47 Å². The van der Waals surface area contributed by atoms with Gasteiger partial charge >= 0.3 is 18.6 Å². The number of ketones is 1. The van der Waals surface area contributed by atoms with Gasteiger partial charge in [0.05, 0.1) is 23.9 Å². The highest BCUT2D eigenvalue weighted by Crippen LogP contribution is 2.22. The average molecular weight is 395 g/mol. The van der Waals surface area contributed by atoms with Crippen LogP contribution in [0.5, 0.6) is 5.75 Å². The Morgan fingerprint density at radius 2 is 1.79 bits per heavy atom. The van der Waals surface area contributed by atoms with Gasteiger partial charge in [0.1, 0.15) is 5.75 Å². The number of ether oxygens (including phenoxy) is 3. The van der Waals surface area contributed by atoms with E-state index in [1.807, 2.05) is 0 Å². The van der Waals surface area contributed by atoms with Crippen LogP contribution in [0.1, 0.15) is 49.4 Å². The van der Waals surface area contributed by atoms with Crippen molar-refractivity contribution in [3.63, 3.8) is 0 Å². The van der Waals surface area contributed by atoms with Crippen molar-refractivity contribution < 1.29 is 37.4 Å². The molecule has 0 amide bonds. The molecule has 0 aliphatic carbocycles. The molecular weight excluding hydrogens is 376 g/mol. The molecule has 1 atom stereocenters. The average Bonchev–Trinajstić information content (AvgIpc) is 2.94. The number of hydrogen-bond donors (Lipinski definition) is 1. The van der Waals surface area contributed by atoms with Crippen molar-refractivity contribution in [2.75, 3.05) is 7.11 Å². The third-order valence-corrected chi connectivity index (χ3v) is 4.02. The van der Waals surface area contributed by atoms with E-state index in [1.54, 1.807) is 13.8 Å². The lowest BCUT2D eigenvalue weighted by Gasteiger charge is -2.13. The van der Waals surface area contributed by atoms with Crippen molar-refractivity contribution in [1.29, 1.82) is 0 Å². The Morgan fingerprint density at radius 3 is 2.39 bits per heavy atom. The lowest BCUT2D eigenvalue weighted by atomic mass is 10.1. The number of esters is 2. The van der Waals surface area contributed by atoms with Crippen molar-refractivity contribution in [1.82, 2.24) is 4.98 Å². The third kappa shape index (κ3) is 4.54. The smallest absolute Gasteiger partial charge is 0.387 e. The standard InChI is InChI=1S/C19H19F2NO6/c1-9-14(18(25)26-4)10(2)22-15(9)16(23)11(3)27-17(24)12-6-5-7-13(8-12)28-19(20)21/h5-8,11,19,22H,1-4H3/t11-/m1/s1. The van der Waals surface area contributed by atoms with E-state index in [0.717, 1.165) is 6.07 Å². The number of H-pyrrole nitrogens is 1. The van der Waals surface area contributed by atoms with Crippen molar-refractivity contribution in [3.8, 4) is 5.75 Å². The van der Waals surface area contributed by atoms with Gasteiger partial charge in [0.25, 0.3) is 0 Å². The van der Waals surface area contributed by atoms with Crippen LogP contribution in [0.25, 0.3) is 0 Å². The first-order valence-electron chi connectivity index (χ1n) is 8.23. The maximum Gasteiger partial charge on any atom is 0.387 e. The van der Waals surface area contributed by atoms with E-state index in [2.05, 4.69) is 9.72 Å². The van der Waals surface area contributed by atoms with E-state index in [4.69, 9.17) is 9.47 Å². The van der Waals surface area contributed by atoms with Gasteiger partial charge in [0.2, 0.25) is 5.78 Å². The first-order chi connectivity index (χ1) is 13.1. The molecule has 7 nitrogen and oxygen atoms in total. The number of halogens is 2. The van der Waals surface area contributed by atoms with Crippen LogP contribution in [0.4, 0.5) is 8.78 Å². The summed E-state index contributed by atoms with van der Waals surface area (Å²) >= 11 is 0. The summed E-state index contributed by atoms with van der Waals surface area (Å²) in [5, 5.41) is 0. The Bertz CT molecular complexity index is 906. The summed E-state index contributed by atoms with van der Waals surface area (Å²) in [6, 6.07) is 5.04. The lowest BCUT2D eigenvalue weighted by Crippen LogP contribution is -2.25. The number of Topliss-reactive ketones (excluding diaryl/α,β-unsaturated/α-hetero) is 1. The second-order valence-corrected chi connectivity index (χ2v) is 5.93. The molecule has 0 spiro atoms. The van der Waals surface area contributed by atoms with Gasteiger partial charge in [-0.3, -0.25) is 4.79 Å². The first kappa shape index (κ1) is 21.1. The fourth-order valence-electron chi connectivity index (χ4n) is 2.69. The Hall–Kier alpha value is -3.23. The van der Waals surface area contributed by atoms with E-state index in [9.17, 15) is 23.2 Å². The fourth-order valence-corrected chi connectivity index (χ4v) is 2.69. The number of hydrogen-bond acceptors (Lipinski definition) is 6. The first-order valence-corrected chi connectivity index (χ1v) is 8.23. The van der Waals surface area contributed by atoms with Crippen LogP contribution in [0, 0.1) is 13.8 Å². The number of aromatic nitrogens is 1. The largest absolute Gasteiger partial charge is 0.465 e. The molecule has 0 fully saturated rings. The maximum atomic E-state index is 12.6. The van der Waals surface area contributed by atoms with Gasteiger partial charge in [-0.05, 0) is 44.5 Å². The second kappa shape index (κ2) is 8.64.